The second-order valence-corrected chi connectivity index (χ2v) is 7.33. The molecule has 0 saturated carbocycles. The molecular formula is C15H18N8OS. The van der Waals surface area contributed by atoms with Crippen LogP contribution in [0.25, 0.3) is 5.65 Å². The molecule has 0 radical (unpaired) electrons. The van der Waals surface area contributed by atoms with Gasteiger partial charge in [-0.2, -0.15) is 0 Å². The summed E-state index contributed by atoms with van der Waals surface area (Å²) in [5, 5.41) is 19.3. The number of carbonyl (C=O) groups is 1. The van der Waals surface area contributed by atoms with E-state index in [0.717, 1.165) is 42.3 Å². The lowest BCUT2D eigenvalue weighted by Gasteiger charge is -2.31. The van der Waals surface area contributed by atoms with Gasteiger partial charge in [0.15, 0.2) is 16.6 Å². The number of carbonyl (C=O) groups excluding carboxylic acids is 1. The minimum absolute atomic E-state index is 0.00229. The Labute approximate surface area is 148 Å². The predicted octanol–water partition coefficient (Wildman–Crippen LogP) is 1.45. The van der Waals surface area contributed by atoms with Crippen LogP contribution in [0, 0.1) is 19.8 Å². The van der Waals surface area contributed by atoms with Gasteiger partial charge >= 0.3 is 0 Å². The van der Waals surface area contributed by atoms with Crippen molar-refractivity contribution in [3.8, 4) is 0 Å². The molecule has 0 aromatic carbocycles. The summed E-state index contributed by atoms with van der Waals surface area (Å²) in [6.45, 7) is 5.51. The van der Waals surface area contributed by atoms with Crippen LogP contribution < -0.4 is 10.2 Å². The molecule has 1 aliphatic heterocycles. The van der Waals surface area contributed by atoms with E-state index in [0.29, 0.717) is 10.8 Å². The fourth-order valence-corrected chi connectivity index (χ4v) is 3.73. The van der Waals surface area contributed by atoms with Crippen molar-refractivity contribution in [2.24, 2.45) is 5.92 Å². The van der Waals surface area contributed by atoms with Crippen LogP contribution in [0.1, 0.15) is 23.4 Å². The van der Waals surface area contributed by atoms with E-state index in [-0.39, 0.29) is 11.8 Å². The van der Waals surface area contributed by atoms with E-state index in [1.54, 1.807) is 0 Å². The normalized spacial score (nSPS) is 15.7. The maximum absolute atomic E-state index is 12.5. The molecule has 25 heavy (non-hydrogen) atoms. The summed E-state index contributed by atoms with van der Waals surface area (Å²) in [6.07, 6.45) is 1.56. The lowest BCUT2D eigenvalue weighted by molar-refractivity contribution is -0.120. The highest BCUT2D eigenvalue weighted by Crippen LogP contribution is 2.25. The average Bonchev–Trinajstić information content (AvgIpc) is 3.20. The Morgan fingerprint density at radius 3 is 2.80 bits per heavy atom. The highest BCUT2D eigenvalue weighted by atomic mass is 32.1. The van der Waals surface area contributed by atoms with E-state index >= 15 is 0 Å². The lowest BCUT2D eigenvalue weighted by Crippen LogP contribution is -2.38. The summed E-state index contributed by atoms with van der Waals surface area (Å²) < 4.78 is 1.42. The highest BCUT2D eigenvalue weighted by Gasteiger charge is 2.26. The quantitative estimate of drug-likeness (QED) is 0.756. The summed E-state index contributed by atoms with van der Waals surface area (Å²) in [5.41, 5.74) is 1.59. The Morgan fingerprint density at radius 1 is 1.28 bits per heavy atom. The lowest BCUT2D eigenvalue weighted by atomic mass is 9.96. The second kappa shape index (κ2) is 6.36. The first kappa shape index (κ1) is 15.9. The van der Waals surface area contributed by atoms with Gasteiger partial charge in [0.1, 0.15) is 0 Å². The molecule has 0 spiro atoms. The molecule has 0 aliphatic carbocycles. The van der Waals surface area contributed by atoms with Gasteiger partial charge in [0.2, 0.25) is 5.91 Å². The second-order valence-electron chi connectivity index (χ2n) is 6.13. The molecule has 10 heteroatoms. The van der Waals surface area contributed by atoms with E-state index in [1.165, 1.54) is 16.0 Å². The number of tetrazole rings is 1. The summed E-state index contributed by atoms with van der Waals surface area (Å²) in [4.78, 5) is 20.1. The van der Waals surface area contributed by atoms with Crippen LogP contribution in [0.3, 0.4) is 0 Å². The van der Waals surface area contributed by atoms with Crippen molar-refractivity contribution in [1.82, 2.24) is 30.2 Å². The number of anilines is 2. The number of aromatic nitrogens is 6. The Bertz CT molecular complexity index is 892. The molecule has 0 unspecified atom stereocenters. The molecule has 1 saturated heterocycles. The number of piperidine rings is 1. The number of rotatable bonds is 3. The van der Waals surface area contributed by atoms with Crippen molar-refractivity contribution in [2.45, 2.75) is 26.7 Å². The Balaban J connectivity index is 1.38. The van der Waals surface area contributed by atoms with Crippen molar-refractivity contribution >= 4 is 33.8 Å². The molecule has 0 atom stereocenters. The standard InChI is InChI=1S/C15H18N8OS/c1-9-10(2)25-15(16-9)17-14(24)11-5-7-22(8-6-11)13-4-3-12-18-20-21-23(12)19-13/h3-4,11H,5-8H2,1-2H3,(H,16,17,24). The number of fused-ring (bicyclic) bond motifs is 1. The van der Waals surface area contributed by atoms with E-state index in [1.807, 2.05) is 26.0 Å². The first-order chi connectivity index (χ1) is 12.1. The molecule has 130 valence electrons. The largest absolute Gasteiger partial charge is 0.355 e. The topological polar surface area (TPSA) is 101 Å². The zero-order valence-electron chi connectivity index (χ0n) is 14.0. The molecule has 4 heterocycles. The van der Waals surface area contributed by atoms with Crippen molar-refractivity contribution in [3.05, 3.63) is 22.7 Å². The average molecular weight is 358 g/mol. The van der Waals surface area contributed by atoms with Crippen LogP contribution in [0.4, 0.5) is 10.9 Å². The number of hydrogen-bond donors (Lipinski definition) is 1. The van der Waals surface area contributed by atoms with Gasteiger partial charge in [-0.15, -0.1) is 26.2 Å². The van der Waals surface area contributed by atoms with Gasteiger partial charge in [0.05, 0.1) is 5.69 Å². The minimum Gasteiger partial charge on any atom is -0.355 e. The van der Waals surface area contributed by atoms with Gasteiger partial charge < -0.3 is 10.2 Å². The number of nitrogens with zero attached hydrogens (tertiary/aromatic N) is 7. The highest BCUT2D eigenvalue weighted by molar-refractivity contribution is 7.15. The number of amides is 1. The van der Waals surface area contributed by atoms with Gasteiger partial charge in [-0.05, 0) is 49.2 Å². The monoisotopic (exact) mass is 358 g/mol. The number of nitrogens with one attached hydrogen (secondary N) is 1. The Hall–Kier alpha value is -2.62. The number of thiazole rings is 1. The van der Waals surface area contributed by atoms with Crippen LogP contribution in [0.2, 0.25) is 0 Å². The summed E-state index contributed by atoms with van der Waals surface area (Å²) in [5.74, 6) is 0.875. The maximum atomic E-state index is 12.5. The molecule has 1 amide bonds. The van der Waals surface area contributed by atoms with Crippen molar-refractivity contribution in [3.63, 3.8) is 0 Å². The third-order valence-electron chi connectivity index (χ3n) is 4.50. The first-order valence-electron chi connectivity index (χ1n) is 8.15. The Kier molecular flexibility index (Phi) is 4.04. The molecule has 3 aromatic rings. The van der Waals surface area contributed by atoms with Crippen LogP contribution >= 0.6 is 11.3 Å². The van der Waals surface area contributed by atoms with Crippen LogP contribution in [0.15, 0.2) is 12.1 Å². The summed E-state index contributed by atoms with van der Waals surface area (Å²) in [7, 11) is 0. The SMILES string of the molecule is Cc1nc(NC(=O)C2CCN(c3ccc4nnnn4n3)CC2)sc1C. The predicted molar refractivity (Wildman–Crippen MR) is 93.7 cm³/mol. The van der Waals surface area contributed by atoms with Crippen molar-refractivity contribution < 1.29 is 4.79 Å². The zero-order valence-corrected chi connectivity index (χ0v) is 14.8. The van der Waals surface area contributed by atoms with Gasteiger partial charge in [-0.3, -0.25) is 4.79 Å². The third-order valence-corrected chi connectivity index (χ3v) is 5.49. The van der Waals surface area contributed by atoms with E-state index in [4.69, 9.17) is 0 Å². The van der Waals surface area contributed by atoms with Gasteiger partial charge in [-0.1, -0.05) is 0 Å². The third kappa shape index (κ3) is 3.16. The van der Waals surface area contributed by atoms with Crippen molar-refractivity contribution in [2.75, 3.05) is 23.3 Å². The smallest absolute Gasteiger partial charge is 0.229 e. The van der Waals surface area contributed by atoms with Gasteiger partial charge in [-0.25, -0.2) is 4.98 Å². The van der Waals surface area contributed by atoms with E-state index < -0.39 is 0 Å². The van der Waals surface area contributed by atoms with Crippen LogP contribution in [-0.4, -0.2) is 49.2 Å². The molecule has 4 rings (SSSR count). The molecule has 3 aromatic heterocycles. The van der Waals surface area contributed by atoms with Crippen LogP contribution in [0.5, 0.6) is 0 Å². The van der Waals surface area contributed by atoms with E-state index in [9.17, 15) is 4.79 Å². The summed E-state index contributed by atoms with van der Waals surface area (Å²) >= 11 is 1.52. The fourth-order valence-electron chi connectivity index (χ4n) is 2.91. The molecule has 0 bridgehead atoms. The van der Waals surface area contributed by atoms with Crippen molar-refractivity contribution in [1.29, 1.82) is 0 Å². The zero-order chi connectivity index (χ0) is 17.4. The van der Waals surface area contributed by atoms with Crippen LogP contribution in [-0.2, 0) is 4.79 Å². The fraction of sp³-hybridized carbons (Fsp3) is 0.467. The molecule has 1 N–H and O–H groups in total. The Morgan fingerprint density at radius 2 is 2.08 bits per heavy atom. The summed E-state index contributed by atoms with van der Waals surface area (Å²) in [6, 6.07) is 3.75. The molecule has 9 nitrogen and oxygen atoms in total. The minimum atomic E-state index is -0.00229. The number of aryl methyl sites for hydroxylation is 2. The first-order valence-corrected chi connectivity index (χ1v) is 8.97. The van der Waals surface area contributed by atoms with Gasteiger partial charge in [0.25, 0.3) is 0 Å². The van der Waals surface area contributed by atoms with E-state index in [2.05, 4.69) is 35.8 Å². The number of hydrogen-bond acceptors (Lipinski definition) is 8. The molecule has 1 aliphatic rings. The maximum Gasteiger partial charge on any atom is 0.229 e. The van der Waals surface area contributed by atoms with Gasteiger partial charge in [0, 0.05) is 23.9 Å². The molecular weight excluding hydrogens is 340 g/mol. The molecule has 1 fully saturated rings.